The number of hydrogen-bond acceptors (Lipinski definition) is 3. The zero-order chi connectivity index (χ0) is 15.8. The van der Waals surface area contributed by atoms with Crippen molar-refractivity contribution in [3.63, 3.8) is 0 Å². The topological polar surface area (TPSA) is 95.5 Å². The molecule has 1 rings (SSSR count). The number of carbonyl (C=O) groups excluding carboxylic acids is 2. The number of aliphatic carboxylic acids is 1. The Kier molecular flexibility index (Phi) is 6.39. The predicted octanol–water partition coefficient (Wildman–Crippen LogP) is 1.09. The molecule has 6 nitrogen and oxygen atoms in total. The quantitative estimate of drug-likeness (QED) is 0.701. The Morgan fingerprint density at radius 1 is 1.19 bits per heavy atom. The summed E-state index contributed by atoms with van der Waals surface area (Å²) in [5.74, 6) is -1.96. The van der Waals surface area contributed by atoms with Crippen molar-refractivity contribution in [3.8, 4) is 0 Å². The minimum Gasteiger partial charge on any atom is -0.480 e. The number of carbonyl (C=O) groups is 3. The van der Waals surface area contributed by atoms with Crippen molar-refractivity contribution in [2.24, 2.45) is 0 Å². The molecule has 0 aliphatic rings. The molecule has 0 aromatic heterocycles. The van der Waals surface area contributed by atoms with Crippen molar-refractivity contribution in [1.29, 1.82) is 0 Å². The normalized spacial score (nSPS) is 11.5. The minimum atomic E-state index is -1.07. The van der Waals surface area contributed by atoms with Crippen LogP contribution in [0, 0.1) is 6.92 Å². The molecule has 2 amide bonds. The molecule has 1 aromatic rings. The van der Waals surface area contributed by atoms with Gasteiger partial charge < -0.3 is 15.7 Å². The summed E-state index contributed by atoms with van der Waals surface area (Å²) < 4.78 is 0. The largest absolute Gasteiger partial charge is 0.480 e. The third-order valence-electron chi connectivity index (χ3n) is 2.93. The molecule has 0 aliphatic heterocycles. The van der Waals surface area contributed by atoms with Crippen molar-refractivity contribution < 1.29 is 19.5 Å². The van der Waals surface area contributed by atoms with Gasteiger partial charge in [0.1, 0.15) is 6.04 Å². The maximum atomic E-state index is 11.8. The number of benzene rings is 1. The van der Waals surface area contributed by atoms with Gasteiger partial charge in [0.05, 0.1) is 6.54 Å². The van der Waals surface area contributed by atoms with Gasteiger partial charge >= 0.3 is 5.97 Å². The summed E-state index contributed by atoms with van der Waals surface area (Å²) in [6, 6.07) is 6.02. The van der Waals surface area contributed by atoms with Crippen molar-refractivity contribution in [2.45, 2.75) is 32.7 Å². The van der Waals surface area contributed by atoms with Crippen molar-refractivity contribution >= 4 is 17.8 Å². The summed E-state index contributed by atoms with van der Waals surface area (Å²) in [5.41, 5.74) is 1.49. The maximum Gasteiger partial charge on any atom is 0.326 e. The van der Waals surface area contributed by atoms with E-state index in [1.165, 1.54) is 0 Å². The van der Waals surface area contributed by atoms with Gasteiger partial charge in [-0.15, -0.1) is 0 Å². The smallest absolute Gasteiger partial charge is 0.326 e. The Morgan fingerprint density at radius 2 is 1.81 bits per heavy atom. The first-order valence-electron chi connectivity index (χ1n) is 6.81. The number of nitrogens with one attached hydrogen (secondary N) is 2. The second kappa shape index (κ2) is 8.04. The fraction of sp³-hybridized carbons (Fsp3) is 0.400. The molecule has 3 N–H and O–H groups in total. The lowest BCUT2D eigenvalue weighted by Crippen LogP contribution is -2.45. The van der Waals surface area contributed by atoms with E-state index in [1.807, 2.05) is 13.8 Å². The van der Waals surface area contributed by atoms with Crippen molar-refractivity contribution in [3.05, 3.63) is 35.4 Å². The third-order valence-corrected chi connectivity index (χ3v) is 2.93. The lowest BCUT2D eigenvalue weighted by molar-refractivity contribution is -0.141. The number of amides is 2. The van der Waals surface area contributed by atoms with Gasteiger partial charge in [0.2, 0.25) is 5.91 Å². The molecule has 1 aromatic carbocycles. The number of aryl methyl sites for hydroxylation is 1. The summed E-state index contributed by atoms with van der Waals surface area (Å²) in [4.78, 5) is 34.3. The van der Waals surface area contributed by atoms with Crippen LogP contribution in [0.2, 0.25) is 0 Å². The van der Waals surface area contributed by atoms with Gasteiger partial charge in [-0.25, -0.2) is 4.79 Å². The van der Waals surface area contributed by atoms with E-state index < -0.39 is 17.9 Å². The number of rotatable bonds is 7. The molecule has 0 heterocycles. The molecule has 0 spiro atoms. The average Bonchev–Trinajstić information content (AvgIpc) is 2.45. The molecule has 0 saturated heterocycles. The number of carboxylic acids is 1. The number of hydrogen-bond donors (Lipinski definition) is 3. The zero-order valence-electron chi connectivity index (χ0n) is 12.2. The second-order valence-corrected chi connectivity index (χ2v) is 4.80. The van der Waals surface area contributed by atoms with Gasteiger partial charge in [-0.3, -0.25) is 9.59 Å². The van der Waals surface area contributed by atoms with E-state index in [9.17, 15) is 14.4 Å². The summed E-state index contributed by atoms with van der Waals surface area (Å²) in [7, 11) is 0. The molecule has 0 aliphatic carbocycles. The Labute approximate surface area is 123 Å². The van der Waals surface area contributed by atoms with E-state index in [2.05, 4.69) is 10.6 Å². The van der Waals surface area contributed by atoms with Gasteiger partial charge in [0.15, 0.2) is 0 Å². The van der Waals surface area contributed by atoms with Crippen molar-refractivity contribution in [2.75, 3.05) is 6.54 Å². The second-order valence-electron chi connectivity index (χ2n) is 4.80. The molecule has 21 heavy (non-hydrogen) atoms. The Hall–Kier alpha value is -2.37. The highest BCUT2D eigenvalue weighted by atomic mass is 16.4. The van der Waals surface area contributed by atoms with Gasteiger partial charge in [-0.05, 0) is 25.5 Å². The highest BCUT2D eigenvalue weighted by Crippen LogP contribution is 2.02. The van der Waals surface area contributed by atoms with Gasteiger partial charge in [-0.2, -0.15) is 0 Å². The SMILES string of the molecule is CCC[C@@H](NC(=O)CNC(=O)c1ccc(C)cc1)C(=O)O. The first kappa shape index (κ1) is 16.7. The fourth-order valence-corrected chi connectivity index (χ4v) is 1.76. The molecule has 6 heteroatoms. The van der Waals surface area contributed by atoms with E-state index in [-0.39, 0.29) is 12.5 Å². The van der Waals surface area contributed by atoms with E-state index in [0.29, 0.717) is 18.4 Å². The zero-order valence-corrected chi connectivity index (χ0v) is 12.2. The van der Waals surface area contributed by atoms with Crippen LogP contribution in [-0.4, -0.2) is 35.5 Å². The summed E-state index contributed by atoms with van der Waals surface area (Å²) in [6.07, 6.45) is 1.000. The van der Waals surface area contributed by atoms with Crippen LogP contribution in [0.3, 0.4) is 0 Å². The van der Waals surface area contributed by atoms with Crippen molar-refractivity contribution in [1.82, 2.24) is 10.6 Å². The number of carboxylic acid groups (broad SMARTS) is 1. The van der Waals surface area contributed by atoms with Gasteiger partial charge in [-0.1, -0.05) is 31.0 Å². The lowest BCUT2D eigenvalue weighted by atomic mass is 10.1. The predicted molar refractivity (Wildman–Crippen MR) is 78.0 cm³/mol. The van der Waals surface area contributed by atoms with Crippen LogP contribution in [0.15, 0.2) is 24.3 Å². The first-order valence-corrected chi connectivity index (χ1v) is 6.81. The lowest BCUT2D eigenvalue weighted by Gasteiger charge is -2.13. The summed E-state index contributed by atoms with van der Waals surface area (Å²) in [5, 5.41) is 13.8. The molecule has 0 unspecified atom stereocenters. The first-order chi connectivity index (χ1) is 9.93. The fourth-order valence-electron chi connectivity index (χ4n) is 1.76. The monoisotopic (exact) mass is 292 g/mol. The molecule has 0 radical (unpaired) electrons. The molecule has 114 valence electrons. The molecule has 0 bridgehead atoms. The van der Waals surface area contributed by atoms with Crippen LogP contribution in [-0.2, 0) is 9.59 Å². The minimum absolute atomic E-state index is 0.250. The van der Waals surface area contributed by atoms with Crippen LogP contribution < -0.4 is 10.6 Å². The molecular weight excluding hydrogens is 272 g/mol. The Bertz CT molecular complexity index is 511. The van der Waals surface area contributed by atoms with E-state index in [4.69, 9.17) is 5.11 Å². The summed E-state index contributed by atoms with van der Waals surface area (Å²) >= 11 is 0. The standard InChI is InChI=1S/C15H20N2O4/c1-3-4-12(15(20)21)17-13(18)9-16-14(19)11-7-5-10(2)6-8-11/h5-8,12H,3-4,9H2,1-2H3,(H,16,19)(H,17,18)(H,20,21)/t12-/m1/s1. The molecule has 0 fully saturated rings. The average molecular weight is 292 g/mol. The van der Waals surface area contributed by atoms with E-state index >= 15 is 0 Å². The van der Waals surface area contributed by atoms with E-state index in [0.717, 1.165) is 5.56 Å². The van der Waals surface area contributed by atoms with Gasteiger partial charge in [0, 0.05) is 5.56 Å². The van der Waals surface area contributed by atoms with Crippen LogP contribution in [0.25, 0.3) is 0 Å². The molecule has 0 saturated carbocycles. The Balaban J connectivity index is 2.46. The maximum absolute atomic E-state index is 11.8. The molecular formula is C15H20N2O4. The van der Waals surface area contributed by atoms with Gasteiger partial charge in [0.25, 0.3) is 5.91 Å². The van der Waals surface area contributed by atoms with Crippen LogP contribution in [0.4, 0.5) is 0 Å². The van der Waals surface area contributed by atoms with E-state index in [1.54, 1.807) is 24.3 Å². The third kappa shape index (κ3) is 5.64. The highest BCUT2D eigenvalue weighted by molar-refractivity contribution is 5.96. The molecule has 1 atom stereocenters. The Morgan fingerprint density at radius 3 is 2.33 bits per heavy atom. The van der Waals surface area contributed by atoms with Crippen LogP contribution in [0.1, 0.15) is 35.7 Å². The highest BCUT2D eigenvalue weighted by Gasteiger charge is 2.18. The van der Waals surface area contributed by atoms with Crippen LogP contribution in [0.5, 0.6) is 0 Å². The summed E-state index contributed by atoms with van der Waals surface area (Å²) in [6.45, 7) is 3.50. The van der Waals surface area contributed by atoms with Crippen LogP contribution >= 0.6 is 0 Å².